The van der Waals surface area contributed by atoms with Gasteiger partial charge in [0.1, 0.15) is 5.60 Å². The molecule has 0 spiro atoms. The Morgan fingerprint density at radius 3 is 2.42 bits per heavy atom. The Labute approximate surface area is 182 Å². The number of esters is 2. The first-order valence-electron chi connectivity index (χ1n) is 10.3. The van der Waals surface area contributed by atoms with E-state index in [9.17, 15) is 14.4 Å². The number of hydrogen-bond donors (Lipinski definition) is 0. The largest absolute Gasteiger partial charge is 0.460 e. The van der Waals surface area contributed by atoms with Crippen molar-refractivity contribution in [2.75, 3.05) is 20.1 Å². The van der Waals surface area contributed by atoms with Gasteiger partial charge in [-0.1, -0.05) is 6.07 Å². The van der Waals surface area contributed by atoms with E-state index in [1.807, 2.05) is 32.0 Å². The van der Waals surface area contributed by atoms with Gasteiger partial charge in [-0.05, 0) is 58.7 Å². The summed E-state index contributed by atoms with van der Waals surface area (Å²) in [5, 5.41) is 0. The average molecular weight is 437 g/mol. The van der Waals surface area contributed by atoms with E-state index in [-0.39, 0.29) is 25.7 Å². The molecule has 0 aromatic heterocycles. The van der Waals surface area contributed by atoms with Crippen molar-refractivity contribution in [1.82, 2.24) is 4.90 Å². The summed E-state index contributed by atoms with van der Waals surface area (Å²) in [6.07, 6.45) is -0.243. The molecule has 1 aliphatic rings. The van der Waals surface area contributed by atoms with Crippen LogP contribution >= 0.6 is 0 Å². The predicted molar refractivity (Wildman–Crippen MR) is 111 cm³/mol. The van der Waals surface area contributed by atoms with Crippen LogP contribution in [0.5, 0.6) is 11.5 Å². The van der Waals surface area contributed by atoms with E-state index >= 15 is 0 Å². The first-order valence-corrected chi connectivity index (χ1v) is 10.3. The normalized spacial score (nSPS) is 13.3. The molecular weight excluding hydrogens is 406 g/mol. The van der Waals surface area contributed by atoms with E-state index < -0.39 is 30.4 Å². The number of likely N-dealkylation sites (N-methyl/N-ethyl adjacent to an activating group) is 1. The third kappa shape index (κ3) is 7.99. The van der Waals surface area contributed by atoms with Gasteiger partial charge in [-0.15, -0.1) is 0 Å². The first-order chi connectivity index (χ1) is 14.6. The molecule has 0 saturated heterocycles. The smallest absolute Gasteiger partial charge is 0.412 e. The lowest BCUT2D eigenvalue weighted by Gasteiger charge is -2.27. The van der Waals surface area contributed by atoms with Crippen LogP contribution in [-0.4, -0.2) is 54.7 Å². The molecular formula is C22H31NO8. The van der Waals surface area contributed by atoms with Crippen LogP contribution in [0.4, 0.5) is 4.79 Å². The molecule has 1 heterocycles. The second-order valence-corrected chi connectivity index (χ2v) is 8.16. The summed E-state index contributed by atoms with van der Waals surface area (Å²) in [4.78, 5) is 37.3. The molecule has 1 unspecified atom stereocenters. The molecule has 172 valence electrons. The third-order valence-electron chi connectivity index (χ3n) is 4.43. The van der Waals surface area contributed by atoms with E-state index in [1.165, 1.54) is 0 Å². The number of carbonyl (C=O) groups excluding carboxylic acids is 3. The zero-order chi connectivity index (χ0) is 23.0. The predicted octanol–water partition coefficient (Wildman–Crippen LogP) is 3.43. The average Bonchev–Trinajstić information content (AvgIpc) is 3.13. The summed E-state index contributed by atoms with van der Waals surface area (Å²) in [7, 11) is 0. The van der Waals surface area contributed by atoms with Crippen LogP contribution in [0.1, 0.15) is 53.0 Å². The molecule has 0 fully saturated rings. The number of ether oxygens (including phenoxy) is 5. The van der Waals surface area contributed by atoms with Crippen molar-refractivity contribution in [3.8, 4) is 11.5 Å². The number of benzene rings is 1. The van der Waals surface area contributed by atoms with Crippen molar-refractivity contribution in [1.29, 1.82) is 0 Å². The van der Waals surface area contributed by atoms with E-state index in [0.29, 0.717) is 24.5 Å². The molecule has 31 heavy (non-hydrogen) atoms. The number of hydrogen-bond acceptors (Lipinski definition) is 8. The van der Waals surface area contributed by atoms with Gasteiger partial charge in [-0.2, -0.15) is 0 Å². The highest BCUT2D eigenvalue weighted by atomic mass is 16.7. The molecule has 2 rings (SSSR count). The minimum absolute atomic E-state index is 0.0995. The maximum absolute atomic E-state index is 12.4. The fourth-order valence-corrected chi connectivity index (χ4v) is 3.04. The second kappa shape index (κ2) is 10.9. The van der Waals surface area contributed by atoms with E-state index in [4.69, 9.17) is 23.7 Å². The monoisotopic (exact) mass is 437 g/mol. The summed E-state index contributed by atoms with van der Waals surface area (Å²) in [5.41, 5.74) is 0.383. The Morgan fingerprint density at radius 1 is 1.06 bits per heavy atom. The number of fused-ring (bicyclic) bond motifs is 1. The van der Waals surface area contributed by atoms with Gasteiger partial charge in [-0.3, -0.25) is 9.59 Å². The molecule has 1 aromatic carbocycles. The zero-order valence-electron chi connectivity index (χ0n) is 18.8. The van der Waals surface area contributed by atoms with Crippen LogP contribution in [0.3, 0.4) is 0 Å². The van der Waals surface area contributed by atoms with Crippen molar-refractivity contribution < 1.29 is 38.1 Å². The zero-order valence-corrected chi connectivity index (χ0v) is 18.8. The van der Waals surface area contributed by atoms with Crippen molar-refractivity contribution in [3.63, 3.8) is 0 Å². The van der Waals surface area contributed by atoms with Gasteiger partial charge in [-0.25, -0.2) is 4.79 Å². The molecule has 0 aliphatic carbocycles. The summed E-state index contributed by atoms with van der Waals surface area (Å²) in [6.45, 7) is 9.10. The van der Waals surface area contributed by atoms with Crippen molar-refractivity contribution in [3.05, 3.63) is 23.8 Å². The van der Waals surface area contributed by atoms with Crippen LogP contribution in [-0.2, 0) is 30.2 Å². The molecule has 1 aliphatic heterocycles. The van der Waals surface area contributed by atoms with Gasteiger partial charge in [0.05, 0.1) is 12.8 Å². The molecule has 1 aromatic rings. The van der Waals surface area contributed by atoms with Gasteiger partial charge in [0, 0.05) is 12.6 Å². The van der Waals surface area contributed by atoms with Crippen molar-refractivity contribution in [2.45, 2.75) is 65.5 Å². The standard InChI is InChI=1S/C22H31NO8/c1-6-23(15(2)11-16-7-8-17-18(12-16)28-13-27-17)21(26)30-14-29-19(24)9-10-20(25)31-22(3,4)5/h7-8,12,15H,6,9-11,13-14H2,1-5H3. The number of nitrogens with zero attached hydrogens (tertiary/aromatic N) is 1. The Morgan fingerprint density at radius 2 is 1.74 bits per heavy atom. The maximum Gasteiger partial charge on any atom is 0.412 e. The molecule has 1 amide bonds. The lowest BCUT2D eigenvalue weighted by Crippen LogP contribution is -2.40. The second-order valence-electron chi connectivity index (χ2n) is 8.16. The summed E-state index contributed by atoms with van der Waals surface area (Å²) in [5.74, 6) is 0.260. The van der Waals surface area contributed by atoms with Crippen LogP contribution < -0.4 is 9.47 Å². The minimum atomic E-state index is -0.643. The van der Waals surface area contributed by atoms with Crippen molar-refractivity contribution >= 4 is 18.0 Å². The van der Waals surface area contributed by atoms with Gasteiger partial charge >= 0.3 is 18.0 Å². The first kappa shape index (κ1) is 24.3. The summed E-state index contributed by atoms with van der Waals surface area (Å²) >= 11 is 0. The highest BCUT2D eigenvalue weighted by molar-refractivity contribution is 5.78. The van der Waals surface area contributed by atoms with E-state index in [1.54, 1.807) is 25.7 Å². The van der Waals surface area contributed by atoms with Crippen LogP contribution in [0.2, 0.25) is 0 Å². The Bertz CT molecular complexity index is 786. The van der Waals surface area contributed by atoms with Gasteiger partial charge in [0.15, 0.2) is 11.5 Å². The number of carbonyl (C=O) groups is 3. The quantitative estimate of drug-likeness (QED) is 0.428. The molecule has 9 heteroatoms. The Balaban J connectivity index is 1.74. The molecule has 0 bridgehead atoms. The fourth-order valence-electron chi connectivity index (χ4n) is 3.04. The Hall–Kier alpha value is -2.97. The highest BCUT2D eigenvalue weighted by Crippen LogP contribution is 2.33. The number of rotatable bonds is 9. The molecule has 0 radical (unpaired) electrons. The number of amides is 1. The highest BCUT2D eigenvalue weighted by Gasteiger charge is 2.22. The molecule has 0 N–H and O–H groups in total. The van der Waals surface area contributed by atoms with Gasteiger partial charge in [0.2, 0.25) is 13.6 Å². The van der Waals surface area contributed by atoms with Gasteiger partial charge in [0.25, 0.3) is 0 Å². The fraction of sp³-hybridized carbons (Fsp3) is 0.591. The SMILES string of the molecule is CCN(C(=O)OCOC(=O)CCC(=O)OC(C)(C)C)C(C)Cc1ccc2c(c1)OCO2. The van der Waals surface area contributed by atoms with Gasteiger partial charge < -0.3 is 28.6 Å². The lowest BCUT2D eigenvalue weighted by atomic mass is 10.1. The maximum atomic E-state index is 12.4. The molecule has 9 nitrogen and oxygen atoms in total. The van der Waals surface area contributed by atoms with Crippen LogP contribution in [0, 0.1) is 0 Å². The van der Waals surface area contributed by atoms with E-state index in [0.717, 1.165) is 5.56 Å². The third-order valence-corrected chi connectivity index (χ3v) is 4.43. The lowest BCUT2D eigenvalue weighted by molar-refractivity contribution is -0.161. The summed E-state index contributed by atoms with van der Waals surface area (Å²) < 4.78 is 25.8. The van der Waals surface area contributed by atoms with Crippen LogP contribution in [0.25, 0.3) is 0 Å². The molecule has 0 saturated carbocycles. The van der Waals surface area contributed by atoms with Crippen LogP contribution in [0.15, 0.2) is 18.2 Å². The summed E-state index contributed by atoms with van der Waals surface area (Å²) in [6, 6.07) is 5.51. The van der Waals surface area contributed by atoms with Crippen molar-refractivity contribution in [2.24, 2.45) is 0 Å². The topological polar surface area (TPSA) is 101 Å². The van der Waals surface area contributed by atoms with E-state index in [2.05, 4.69) is 0 Å². The minimum Gasteiger partial charge on any atom is -0.460 e. The Kier molecular flexibility index (Phi) is 8.53. The molecule has 1 atom stereocenters.